The Balaban J connectivity index is 1.43. The molecule has 5 nitrogen and oxygen atoms in total. The number of hydrogen-bond donors (Lipinski definition) is 3. The number of nitrogens with one attached hydrogen (secondary N) is 3. The summed E-state index contributed by atoms with van der Waals surface area (Å²) < 4.78 is 0. The van der Waals surface area contributed by atoms with E-state index in [0.717, 1.165) is 44.5 Å². The van der Waals surface area contributed by atoms with Crippen molar-refractivity contribution in [3.05, 3.63) is 89.0 Å². The third kappa shape index (κ3) is 6.67. The summed E-state index contributed by atoms with van der Waals surface area (Å²) in [6.07, 6.45) is 0. The molecule has 0 bridgehead atoms. The zero-order chi connectivity index (χ0) is 27.2. The van der Waals surface area contributed by atoms with E-state index in [1.165, 1.54) is 11.1 Å². The van der Waals surface area contributed by atoms with Gasteiger partial charge in [-0.15, -0.1) is 0 Å². The van der Waals surface area contributed by atoms with Crippen LogP contribution in [0.15, 0.2) is 71.9 Å². The van der Waals surface area contributed by atoms with Crippen LogP contribution in [-0.2, 0) is 0 Å². The lowest BCUT2D eigenvalue weighted by Crippen LogP contribution is -2.31. The van der Waals surface area contributed by atoms with Crippen molar-refractivity contribution < 1.29 is 4.79 Å². The van der Waals surface area contributed by atoms with Crippen LogP contribution in [0.5, 0.6) is 0 Å². The second kappa shape index (κ2) is 12.4. The number of rotatable bonds is 9. The van der Waals surface area contributed by atoms with Crippen LogP contribution < -0.4 is 10.6 Å². The number of para-hydroxylation sites is 1. The first-order valence-corrected chi connectivity index (χ1v) is 14.3. The average Bonchev–Trinajstić information content (AvgIpc) is 3.31. The Morgan fingerprint density at radius 2 is 1.39 bits per heavy atom. The molecule has 4 rings (SSSR count). The van der Waals surface area contributed by atoms with Crippen molar-refractivity contribution in [2.45, 2.75) is 58.5 Å². The molecule has 0 aliphatic heterocycles. The van der Waals surface area contributed by atoms with Gasteiger partial charge in [-0.05, 0) is 36.8 Å². The molecule has 0 fully saturated rings. The van der Waals surface area contributed by atoms with E-state index in [2.05, 4.69) is 124 Å². The van der Waals surface area contributed by atoms with Crippen LogP contribution in [-0.4, -0.2) is 28.3 Å². The molecule has 0 aliphatic carbocycles. The summed E-state index contributed by atoms with van der Waals surface area (Å²) >= 11 is 1.61. The summed E-state index contributed by atoms with van der Waals surface area (Å²) in [5, 5.41) is 6.98. The van der Waals surface area contributed by atoms with Crippen LogP contribution in [0.3, 0.4) is 0 Å². The van der Waals surface area contributed by atoms with E-state index < -0.39 is 0 Å². The second-order valence-electron chi connectivity index (χ2n) is 10.3. The maximum Gasteiger partial charge on any atom is 0.319 e. The van der Waals surface area contributed by atoms with Crippen LogP contribution in [0.2, 0.25) is 0 Å². The van der Waals surface area contributed by atoms with Crippen LogP contribution in [0, 0.1) is 13.8 Å². The minimum atomic E-state index is -0.180. The summed E-state index contributed by atoms with van der Waals surface area (Å²) in [5.74, 6) is 1.35. The van der Waals surface area contributed by atoms with Gasteiger partial charge in [0, 0.05) is 29.1 Å². The molecule has 1 heterocycles. The molecule has 3 aromatic carbocycles. The quantitative estimate of drug-likeness (QED) is 0.151. The summed E-state index contributed by atoms with van der Waals surface area (Å²) in [4.78, 5) is 21.3. The SMILES string of the molecule is Cc1ccc(-c2nc(SCCNC(=O)Nc3c(C(C)C)cccc3C(C)C)[nH]c2-c2ccc(C)cc2)cc1. The van der Waals surface area contributed by atoms with Gasteiger partial charge < -0.3 is 15.6 Å². The highest BCUT2D eigenvalue weighted by Gasteiger charge is 2.17. The molecule has 4 aromatic rings. The standard InChI is InChI=1S/C32H38N4OS/c1-20(2)26-8-7-9-27(21(3)4)30(26)34-31(37)33-18-19-38-32-35-28(24-14-10-22(5)11-15-24)29(36-32)25-16-12-23(6)13-17-25/h7-17,20-21H,18-19H2,1-6H3,(H,35,36)(H2,33,34,37). The van der Waals surface area contributed by atoms with E-state index in [-0.39, 0.29) is 6.03 Å². The Morgan fingerprint density at radius 1 is 0.842 bits per heavy atom. The molecule has 0 radical (unpaired) electrons. The van der Waals surface area contributed by atoms with Crippen LogP contribution >= 0.6 is 11.8 Å². The molecule has 6 heteroatoms. The van der Waals surface area contributed by atoms with Gasteiger partial charge in [-0.25, -0.2) is 9.78 Å². The molecule has 3 N–H and O–H groups in total. The van der Waals surface area contributed by atoms with Gasteiger partial charge in [-0.3, -0.25) is 0 Å². The van der Waals surface area contributed by atoms with Gasteiger partial charge in [0.2, 0.25) is 0 Å². The molecule has 0 atom stereocenters. The normalized spacial score (nSPS) is 11.3. The largest absolute Gasteiger partial charge is 0.337 e. The molecule has 0 spiro atoms. The van der Waals surface area contributed by atoms with Crippen LogP contribution in [0.25, 0.3) is 22.5 Å². The lowest BCUT2D eigenvalue weighted by molar-refractivity contribution is 0.252. The number of nitrogens with zero attached hydrogens (tertiary/aromatic N) is 1. The van der Waals surface area contributed by atoms with E-state index in [9.17, 15) is 4.79 Å². The number of amides is 2. The van der Waals surface area contributed by atoms with Crippen molar-refractivity contribution in [1.29, 1.82) is 0 Å². The molecule has 2 amide bonds. The zero-order valence-electron chi connectivity index (χ0n) is 23.2. The zero-order valence-corrected chi connectivity index (χ0v) is 24.0. The van der Waals surface area contributed by atoms with Gasteiger partial charge in [0.25, 0.3) is 0 Å². The Kier molecular flexibility index (Phi) is 8.95. The van der Waals surface area contributed by atoms with E-state index >= 15 is 0 Å². The molecular weight excluding hydrogens is 488 g/mol. The number of thioether (sulfide) groups is 1. The van der Waals surface area contributed by atoms with Gasteiger partial charge in [-0.2, -0.15) is 0 Å². The molecular formula is C32H38N4OS. The number of hydrogen-bond acceptors (Lipinski definition) is 3. The minimum Gasteiger partial charge on any atom is -0.337 e. The molecule has 0 aliphatic rings. The minimum absolute atomic E-state index is 0.180. The smallest absolute Gasteiger partial charge is 0.319 e. The maximum atomic E-state index is 12.8. The van der Waals surface area contributed by atoms with Gasteiger partial charge in [0.15, 0.2) is 5.16 Å². The lowest BCUT2D eigenvalue weighted by atomic mass is 9.93. The highest BCUT2D eigenvalue weighted by Crippen LogP contribution is 2.34. The Morgan fingerprint density at radius 3 is 1.95 bits per heavy atom. The van der Waals surface area contributed by atoms with Gasteiger partial charge in [0.05, 0.1) is 11.4 Å². The summed E-state index contributed by atoms with van der Waals surface area (Å²) in [5.41, 5.74) is 9.81. The molecule has 198 valence electrons. The Bertz CT molecular complexity index is 1280. The number of benzene rings is 3. The lowest BCUT2D eigenvalue weighted by Gasteiger charge is -2.20. The Labute approximate surface area is 230 Å². The first-order valence-electron chi connectivity index (χ1n) is 13.3. The summed E-state index contributed by atoms with van der Waals surface area (Å²) in [6.45, 7) is 13.3. The number of urea groups is 1. The van der Waals surface area contributed by atoms with Crippen molar-refractivity contribution in [1.82, 2.24) is 15.3 Å². The number of aromatic nitrogens is 2. The molecule has 1 aromatic heterocycles. The van der Waals surface area contributed by atoms with Gasteiger partial charge >= 0.3 is 6.03 Å². The first kappa shape index (κ1) is 27.5. The van der Waals surface area contributed by atoms with E-state index in [1.54, 1.807) is 11.8 Å². The fourth-order valence-corrected chi connectivity index (χ4v) is 5.16. The molecule has 0 unspecified atom stereocenters. The Hall–Kier alpha value is -3.51. The highest BCUT2D eigenvalue weighted by molar-refractivity contribution is 7.99. The highest BCUT2D eigenvalue weighted by atomic mass is 32.2. The third-order valence-electron chi connectivity index (χ3n) is 6.59. The molecule has 0 saturated heterocycles. The number of aromatic amines is 1. The molecule has 0 saturated carbocycles. The third-order valence-corrected chi connectivity index (χ3v) is 7.46. The monoisotopic (exact) mass is 526 g/mol. The number of aryl methyl sites for hydroxylation is 2. The van der Waals surface area contributed by atoms with E-state index in [4.69, 9.17) is 4.98 Å². The van der Waals surface area contributed by atoms with Crippen molar-refractivity contribution in [3.8, 4) is 22.5 Å². The van der Waals surface area contributed by atoms with Crippen molar-refractivity contribution >= 4 is 23.5 Å². The second-order valence-corrected chi connectivity index (χ2v) is 11.4. The fraction of sp³-hybridized carbons (Fsp3) is 0.312. The summed E-state index contributed by atoms with van der Waals surface area (Å²) in [7, 11) is 0. The predicted molar refractivity (Wildman–Crippen MR) is 161 cm³/mol. The number of imidazole rings is 1. The number of anilines is 1. The summed E-state index contributed by atoms with van der Waals surface area (Å²) in [6, 6.07) is 23.0. The van der Waals surface area contributed by atoms with Gasteiger partial charge in [0.1, 0.15) is 0 Å². The van der Waals surface area contributed by atoms with Crippen molar-refractivity contribution in [3.63, 3.8) is 0 Å². The van der Waals surface area contributed by atoms with Gasteiger partial charge in [-0.1, -0.05) is 117 Å². The topological polar surface area (TPSA) is 69.8 Å². The van der Waals surface area contributed by atoms with Crippen molar-refractivity contribution in [2.24, 2.45) is 0 Å². The number of carbonyl (C=O) groups excluding carboxylic acids is 1. The van der Waals surface area contributed by atoms with Crippen LogP contribution in [0.4, 0.5) is 10.5 Å². The maximum absolute atomic E-state index is 12.8. The fourth-order valence-electron chi connectivity index (χ4n) is 4.43. The van der Waals surface area contributed by atoms with Crippen molar-refractivity contribution in [2.75, 3.05) is 17.6 Å². The average molecular weight is 527 g/mol. The molecule has 38 heavy (non-hydrogen) atoms. The van der Waals surface area contributed by atoms with E-state index in [0.29, 0.717) is 24.1 Å². The van der Waals surface area contributed by atoms with E-state index in [1.807, 2.05) is 0 Å². The number of H-pyrrole nitrogens is 1. The van der Waals surface area contributed by atoms with Crippen LogP contribution in [0.1, 0.15) is 61.8 Å². The predicted octanol–water partition coefficient (Wildman–Crippen LogP) is 8.52. The number of carbonyl (C=O) groups is 1. The first-order chi connectivity index (χ1) is 18.2.